The second kappa shape index (κ2) is 7.51. The first kappa shape index (κ1) is 15.2. The van der Waals surface area contributed by atoms with Crippen LogP contribution < -0.4 is 5.32 Å². The Labute approximate surface area is 138 Å². The van der Waals surface area contributed by atoms with Crippen molar-refractivity contribution in [3.8, 4) is 0 Å². The molecule has 0 atom stereocenters. The van der Waals surface area contributed by atoms with Gasteiger partial charge in [0.25, 0.3) is 0 Å². The maximum Gasteiger partial charge on any atom is 0.249 e. The predicted octanol–water partition coefficient (Wildman–Crippen LogP) is 3.23. The van der Waals surface area contributed by atoms with Crippen LogP contribution in [0.1, 0.15) is 10.6 Å². The number of aromatic nitrogens is 3. The second-order valence-electron chi connectivity index (χ2n) is 4.87. The summed E-state index contributed by atoms with van der Waals surface area (Å²) in [6, 6.07) is 11.6. The van der Waals surface area contributed by atoms with E-state index in [-0.39, 0.29) is 5.91 Å². The Morgan fingerprint density at radius 3 is 3.00 bits per heavy atom. The molecular weight excluding hydrogens is 308 g/mol. The molecule has 0 fully saturated rings. The van der Waals surface area contributed by atoms with Gasteiger partial charge in [-0.1, -0.05) is 12.1 Å². The van der Waals surface area contributed by atoms with Crippen molar-refractivity contribution in [3.05, 3.63) is 70.8 Å². The van der Waals surface area contributed by atoms with Crippen molar-refractivity contribution in [1.82, 2.24) is 14.8 Å². The van der Waals surface area contributed by atoms with E-state index in [9.17, 15) is 4.79 Å². The first-order valence-electron chi connectivity index (χ1n) is 7.25. The molecule has 0 aliphatic rings. The van der Waals surface area contributed by atoms with Gasteiger partial charge in [0.15, 0.2) is 5.82 Å². The summed E-state index contributed by atoms with van der Waals surface area (Å²) in [6.45, 7) is 0.720. The zero-order valence-electron chi connectivity index (χ0n) is 12.4. The van der Waals surface area contributed by atoms with Crippen molar-refractivity contribution in [1.29, 1.82) is 0 Å². The molecule has 3 aromatic rings. The first-order chi connectivity index (χ1) is 11.3. The van der Waals surface area contributed by atoms with Gasteiger partial charge in [-0.3, -0.25) is 14.5 Å². The Hall–Kier alpha value is -2.73. The first-order valence-corrected chi connectivity index (χ1v) is 8.13. The number of nitrogens with zero attached hydrogens (tertiary/aromatic N) is 3. The molecule has 0 unspecified atom stereocenters. The summed E-state index contributed by atoms with van der Waals surface area (Å²) in [7, 11) is 0. The minimum absolute atomic E-state index is 0.187. The number of pyridine rings is 1. The summed E-state index contributed by atoms with van der Waals surface area (Å²) in [6.07, 6.45) is 7.73. The van der Waals surface area contributed by atoms with Crippen LogP contribution in [-0.4, -0.2) is 20.7 Å². The highest BCUT2D eigenvalue weighted by Gasteiger charge is 2.03. The molecular formula is C17H16N4OS. The molecule has 0 radical (unpaired) electrons. The molecule has 1 N–H and O–H groups in total. The Bertz CT molecular complexity index is 778. The lowest BCUT2D eigenvalue weighted by Gasteiger charge is -2.01. The average Bonchev–Trinajstić information content (AvgIpc) is 3.24. The molecule has 3 rings (SSSR count). The lowest BCUT2D eigenvalue weighted by molar-refractivity contribution is -0.111. The third-order valence-corrected chi connectivity index (χ3v) is 3.99. The van der Waals surface area contributed by atoms with Crippen LogP contribution in [-0.2, 0) is 17.8 Å². The van der Waals surface area contributed by atoms with Gasteiger partial charge in [-0.25, -0.2) is 0 Å². The zero-order chi connectivity index (χ0) is 15.9. The van der Waals surface area contributed by atoms with Crippen molar-refractivity contribution >= 4 is 29.1 Å². The minimum atomic E-state index is -0.187. The van der Waals surface area contributed by atoms with E-state index in [1.54, 1.807) is 34.4 Å². The SMILES string of the molecule is O=C(/C=C\c1cccs1)Nc1ccn(CCc2ccccn2)n1. The number of rotatable bonds is 6. The number of nitrogens with one attached hydrogen (secondary N) is 1. The second-order valence-corrected chi connectivity index (χ2v) is 5.85. The van der Waals surface area contributed by atoms with Crippen LogP contribution in [0.3, 0.4) is 0 Å². The molecule has 116 valence electrons. The van der Waals surface area contributed by atoms with E-state index in [1.807, 2.05) is 41.9 Å². The fourth-order valence-corrected chi connectivity index (χ4v) is 2.66. The standard InChI is InChI=1S/C17H16N4OS/c22-17(7-6-15-5-3-13-23-15)19-16-9-12-21(20-16)11-8-14-4-1-2-10-18-14/h1-7,9-10,12-13H,8,11H2,(H,19,20,22)/b7-6-. The van der Waals surface area contributed by atoms with Crippen LogP contribution in [0, 0.1) is 0 Å². The number of hydrogen-bond acceptors (Lipinski definition) is 4. The van der Waals surface area contributed by atoms with Crippen LogP contribution in [0.15, 0.2) is 60.2 Å². The molecule has 0 bridgehead atoms. The van der Waals surface area contributed by atoms with Crippen LogP contribution in [0.5, 0.6) is 0 Å². The molecule has 0 aliphatic carbocycles. The van der Waals surface area contributed by atoms with Crippen molar-refractivity contribution < 1.29 is 4.79 Å². The van der Waals surface area contributed by atoms with Crippen molar-refractivity contribution in [2.45, 2.75) is 13.0 Å². The van der Waals surface area contributed by atoms with Crippen molar-refractivity contribution in [3.63, 3.8) is 0 Å². The number of amides is 1. The molecule has 3 heterocycles. The number of carbonyl (C=O) groups excluding carboxylic acids is 1. The van der Waals surface area contributed by atoms with Gasteiger partial charge in [0.05, 0.1) is 0 Å². The minimum Gasteiger partial charge on any atom is -0.306 e. The highest BCUT2D eigenvalue weighted by atomic mass is 32.1. The maximum atomic E-state index is 11.8. The fourth-order valence-electron chi connectivity index (χ4n) is 2.04. The molecule has 0 spiro atoms. The average molecular weight is 324 g/mol. The van der Waals surface area contributed by atoms with Gasteiger partial charge in [-0.05, 0) is 29.7 Å². The monoisotopic (exact) mass is 324 g/mol. The molecule has 1 amide bonds. The molecule has 0 aromatic carbocycles. The smallest absolute Gasteiger partial charge is 0.249 e. The molecule has 0 saturated carbocycles. The molecule has 5 nitrogen and oxygen atoms in total. The molecule has 23 heavy (non-hydrogen) atoms. The van der Waals surface area contributed by atoms with Gasteiger partial charge in [0.1, 0.15) is 0 Å². The molecule has 6 heteroatoms. The Morgan fingerprint density at radius 2 is 2.22 bits per heavy atom. The number of aryl methyl sites for hydroxylation is 2. The highest BCUT2D eigenvalue weighted by molar-refractivity contribution is 7.10. The van der Waals surface area contributed by atoms with Crippen LogP contribution in [0.2, 0.25) is 0 Å². The Morgan fingerprint density at radius 1 is 1.26 bits per heavy atom. The molecule has 0 aliphatic heterocycles. The van der Waals surface area contributed by atoms with E-state index >= 15 is 0 Å². The number of anilines is 1. The van der Waals surface area contributed by atoms with E-state index < -0.39 is 0 Å². The van der Waals surface area contributed by atoms with Gasteiger partial charge in [-0.15, -0.1) is 11.3 Å². The van der Waals surface area contributed by atoms with Crippen molar-refractivity contribution in [2.75, 3.05) is 5.32 Å². The van der Waals surface area contributed by atoms with Crippen LogP contribution in [0.4, 0.5) is 5.82 Å². The number of thiophene rings is 1. The van der Waals surface area contributed by atoms with Gasteiger partial charge >= 0.3 is 0 Å². The summed E-state index contributed by atoms with van der Waals surface area (Å²) >= 11 is 1.59. The van der Waals surface area contributed by atoms with E-state index in [2.05, 4.69) is 15.4 Å². The fraction of sp³-hybridized carbons (Fsp3) is 0.118. The van der Waals surface area contributed by atoms with Crippen LogP contribution in [0.25, 0.3) is 6.08 Å². The summed E-state index contributed by atoms with van der Waals surface area (Å²) in [5.41, 5.74) is 1.02. The molecule has 3 aromatic heterocycles. The lowest BCUT2D eigenvalue weighted by atomic mass is 10.3. The van der Waals surface area contributed by atoms with E-state index in [0.29, 0.717) is 5.82 Å². The van der Waals surface area contributed by atoms with Crippen molar-refractivity contribution in [2.24, 2.45) is 0 Å². The normalized spacial score (nSPS) is 11.0. The Kier molecular flexibility index (Phi) is 4.95. The lowest BCUT2D eigenvalue weighted by Crippen LogP contribution is -2.09. The van der Waals surface area contributed by atoms with Crippen LogP contribution >= 0.6 is 11.3 Å². The number of hydrogen-bond donors (Lipinski definition) is 1. The zero-order valence-corrected chi connectivity index (χ0v) is 13.2. The topological polar surface area (TPSA) is 59.8 Å². The van der Waals surface area contributed by atoms with Gasteiger partial charge in [0.2, 0.25) is 5.91 Å². The summed E-state index contributed by atoms with van der Waals surface area (Å²) in [5, 5.41) is 9.06. The number of carbonyl (C=O) groups is 1. The third-order valence-electron chi connectivity index (χ3n) is 3.16. The summed E-state index contributed by atoms with van der Waals surface area (Å²) in [5.74, 6) is 0.361. The summed E-state index contributed by atoms with van der Waals surface area (Å²) < 4.78 is 1.80. The molecule has 0 saturated heterocycles. The van der Waals surface area contributed by atoms with Gasteiger partial charge in [0, 0.05) is 48.1 Å². The van der Waals surface area contributed by atoms with E-state index in [0.717, 1.165) is 23.5 Å². The van der Waals surface area contributed by atoms with E-state index in [4.69, 9.17) is 0 Å². The summed E-state index contributed by atoms with van der Waals surface area (Å²) in [4.78, 5) is 17.2. The van der Waals surface area contributed by atoms with E-state index in [1.165, 1.54) is 6.08 Å². The quantitative estimate of drug-likeness (QED) is 0.708. The Balaban J connectivity index is 1.51. The van der Waals surface area contributed by atoms with Gasteiger partial charge < -0.3 is 5.32 Å². The predicted molar refractivity (Wildman–Crippen MR) is 92.2 cm³/mol. The largest absolute Gasteiger partial charge is 0.306 e. The van der Waals surface area contributed by atoms with Gasteiger partial charge in [-0.2, -0.15) is 5.10 Å². The highest BCUT2D eigenvalue weighted by Crippen LogP contribution is 2.10. The maximum absolute atomic E-state index is 11.8. The third kappa shape index (κ3) is 4.62.